The number of halogens is 1. The molecule has 92 valence electrons. The van der Waals surface area contributed by atoms with Crippen molar-refractivity contribution in [2.24, 2.45) is 0 Å². The third kappa shape index (κ3) is 2.19. The molecule has 1 N–H and O–H groups in total. The molecule has 1 aromatic carbocycles. The molecule has 0 radical (unpaired) electrons. The van der Waals surface area contributed by atoms with E-state index < -0.39 is 0 Å². The van der Waals surface area contributed by atoms with Gasteiger partial charge >= 0.3 is 0 Å². The largest absolute Gasteiger partial charge is 0.376 e. The molecule has 0 bridgehead atoms. The molecule has 0 aliphatic heterocycles. The fraction of sp³-hybridized carbons (Fsp3) is 0.182. The van der Waals surface area contributed by atoms with E-state index in [1.165, 1.54) is 11.7 Å². The van der Waals surface area contributed by atoms with E-state index in [0.717, 1.165) is 27.4 Å². The van der Waals surface area contributed by atoms with Gasteiger partial charge in [0.25, 0.3) is 0 Å². The van der Waals surface area contributed by atoms with Crippen LogP contribution in [0.5, 0.6) is 0 Å². The average Bonchev–Trinajstić information content (AvgIpc) is 2.96. The molecule has 18 heavy (non-hydrogen) atoms. The van der Waals surface area contributed by atoms with Gasteiger partial charge in [0.2, 0.25) is 0 Å². The summed E-state index contributed by atoms with van der Waals surface area (Å²) in [5, 5.41) is 7.04. The minimum atomic E-state index is 0.640. The van der Waals surface area contributed by atoms with Crippen molar-refractivity contribution in [2.45, 2.75) is 13.5 Å². The summed E-state index contributed by atoms with van der Waals surface area (Å²) in [5.41, 5.74) is 3.52. The van der Waals surface area contributed by atoms with Crippen LogP contribution < -0.4 is 5.32 Å². The van der Waals surface area contributed by atoms with Gasteiger partial charge in [-0.2, -0.15) is 8.75 Å². The zero-order chi connectivity index (χ0) is 12.5. The van der Waals surface area contributed by atoms with Crippen LogP contribution in [0.25, 0.3) is 11.0 Å². The molecule has 4 nitrogen and oxygen atoms in total. The number of hydrogen-bond acceptors (Lipinski definition) is 6. The number of nitrogens with zero attached hydrogens (tertiary/aromatic N) is 3. The van der Waals surface area contributed by atoms with Gasteiger partial charge in [-0.3, -0.25) is 0 Å². The molecule has 2 aromatic heterocycles. The van der Waals surface area contributed by atoms with Crippen molar-refractivity contribution in [1.82, 2.24) is 13.7 Å². The van der Waals surface area contributed by atoms with Crippen LogP contribution in [0.3, 0.4) is 0 Å². The summed E-state index contributed by atoms with van der Waals surface area (Å²) in [4.78, 5) is 4.40. The zero-order valence-electron chi connectivity index (χ0n) is 9.48. The van der Waals surface area contributed by atoms with Crippen LogP contribution in [0.2, 0.25) is 5.02 Å². The molecule has 0 unspecified atom stereocenters. The number of thiazole rings is 1. The second-order valence-corrected chi connectivity index (χ2v) is 5.76. The third-order valence-electron chi connectivity index (χ3n) is 2.49. The molecule has 2 heterocycles. The predicted octanol–water partition coefficient (Wildman–Crippen LogP) is 3.72. The standard InChI is InChI=1S/C11H9ClN4S2/c1-6-14-7(5-17-6)4-13-10-8(12)2-3-9-11(10)16-18-15-9/h2-3,5,13H,4H2,1H3. The van der Waals surface area contributed by atoms with E-state index in [2.05, 4.69) is 19.0 Å². The molecular weight excluding hydrogens is 288 g/mol. The first-order valence-electron chi connectivity index (χ1n) is 5.29. The van der Waals surface area contributed by atoms with Crippen LogP contribution in [0, 0.1) is 6.92 Å². The van der Waals surface area contributed by atoms with E-state index in [0.29, 0.717) is 11.6 Å². The SMILES string of the molecule is Cc1nc(CNc2c(Cl)ccc3nsnc23)cs1. The Hall–Kier alpha value is -1.24. The van der Waals surface area contributed by atoms with Crippen molar-refractivity contribution in [3.63, 3.8) is 0 Å². The topological polar surface area (TPSA) is 50.7 Å². The van der Waals surface area contributed by atoms with Gasteiger partial charge in [0.1, 0.15) is 11.0 Å². The monoisotopic (exact) mass is 296 g/mol. The molecule has 0 atom stereocenters. The summed E-state index contributed by atoms with van der Waals surface area (Å²) in [7, 11) is 0. The zero-order valence-corrected chi connectivity index (χ0v) is 11.9. The minimum Gasteiger partial charge on any atom is -0.376 e. The summed E-state index contributed by atoms with van der Waals surface area (Å²) in [5.74, 6) is 0. The lowest BCUT2D eigenvalue weighted by molar-refractivity contribution is 1.06. The molecule has 0 saturated carbocycles. The Labute approximate surface area is 117 Å². The van der Waals surface area contributed by atoms with Gasteiger partial charge in [-0.25, -0.2) is 4.98 Å². The molecule has 7 heteroatoms. The van der Waals surface area contributed by atoms with Gasteiger partial charge in [-0.1, -0.05) is 11.6 Å². The van der Waals surface area contributed by atoms with Crippen molar-refractivity contribution < 1.29 is 0 Å². The lowest BCUT2D eigenvalue weighted by Gasteiger charge is -2.06. The molecule has 3 rings (SSSR count). The molecular formula is C11H9ClN4S2. The highest BCUT2D eigenvalue weighted by Crippen LogP contribution is 2.30. The molecule has 0 aliphatic rings. The number of anilines is 1. The fourth-order valence-corrected chi connectivity index (χ4v) is 3.04. The number of benzene rings is 1. The van der Waals surface area contributed by atoms with Crippen LogP contribution in [0.15, 0.2) is 17.5 Å². The second-order valence-electron chi connectivity index (χ2n) is 3.77. The number of rotatable bonds is 3. The highest BCUT2D eigenvalue weighted by atomic mass is 35.5. The number of aryl methyl sites for hydroxylation is 1. The van der Waals surface area contributed by atoms with Crippen LogP contribution >= 0.6 is 34.7 Å². The number of fused-ring (bicyclic) bond motifs is 1. The Balaban J connectivity index is 1.89. The summed E-state index contributed by atoms with van der Waals surface area (Å²) in [6, 6.07) is 3.71. The molecule has 0 amide bonds. The van der Waals surface area contributed by atoms with Gasteiger partial charge in [0.15, 0.2) is 0 Å². The lowest BCUT2D eigenvalue weighted by Crippen LogP contribution is -2.01. The first-order chi connectivity index (χ1) is 8.74. The van der Waals surface area contributed by atoms with E-state index in [-0.39, 0.29) is 0 Å². The Morgan fingerprint density at radius 1 is 1.33 bits per heavy atom. The second kappa shape index (κ2) is 4.79. The molecule has 0 spiro atoms. The predicted molar refractivity (Wildman–Crippen MR) is 76.6 cm³/mol. The maximum atomic E-state index is 6.19. The quantitative estimate of drug-likeness (QED) is 0.800. The van der Waals surface area contributed by atoms with Crippen LogP contribution in [-0.2, 0) is 6.54 Å². The first-order valence-corrected chi connectivity index (χ1v) is 7.28. The van der Waals surface area contributed by atoms with Crippen molar-refractivity contribution in [2.75, 3.05) is 5.32 Å². The highest BCUT2D eigenvalue weighted by molar-refractivity contribution is 7.09. The maximum Gasteiger partial charge on any atom is 0.129 e. The minimum absolute atomic E-state index is 0.640. The Bertz CT molecular complexity index is 691. The Morgan fingerprint density at radius 2 is 2.22 bits per heavy atom. The van der Waals surface area contributed by atoms with Crippen molar-refractivity contribution in [3.8, 4) is 0 Å². The molecule has 3 aromatic rings. The van der Waals surface area contributed by atoms with Crippen LogP contribution in [0.4, 0.5) is 5.69 Å². The van der Waals surface area contributed by atoms with Crippen molar-refractivity contribution >= 4 is 51.4 Å². The third-order valence-corrected chi connectivity index (χ3v) is 4.17. The lowest BCUT2D eigenvalue weighted by atomic mass is 10.2. The molecule has 0 fully saturated rings. The summed E-state index contributed by atoms with van der Waals surface area (Å²) >= 11 is 9.02. The smallest absolute Gasteiger partial charge is 0.129 e. The van der Waals surface area contributed by atoms with Crippen molar-refractivity contribution in [3.05, 3.63) is 33.2 Å². The molecule has 0 saturated heterocycles. The highest BCUT2D eigenvalue weighted by Gasteiger charge is 2.10. The fourth-order valence-electron chi connectivity index (χ4n) is 1.66. The normalized spacial score (nSPS) is 11.0. The summed E-state index contributed by atoms with van der Waals surface area (Å²) in [6.45, 7) is 2.63. The van der Waals surface area contributed by atoms with Crippen LogP contribution in [-0.4, -0.2) is 13.7 Å². The number of hydrogen-bond donors (Lipinski definition) is 1. The van der Waals surface area contributed by atoms with E-state index in [9.17, 15) is 0 Å². The molecule has 0 aliphatic carbocycles. The van der Waals surface area contributed by atoms with Gasteiger partial charge in [-0.05, 0) is 19.1 Å². The summed E-state index contributed by atoms with van der Waals surface area (Å²) < 4.78 is 8.46. The van der Waals surface area contributed by atoms with E-state index >= 15 is 0 Å². The first kappa shape index (κ1) is 11.8. The van der Waals surface area contributed by atoms with Gasteiger partial charge in [0.05, 0.1) is 39.7 Å². The number of aromatic nitrogens is 3. The maximum absolute atomic E-state index is 6.19. The van der Waals surface area contributed by atoms with E-state index in [1.807, 2.05) is 24.4 Å². The number of nitrogens with one attached hydrogen (secondary N) is 1. The summed E-state index contributed by atoms with van der Waals surface area (Å²) in [6.07, 6.45) is 0. The Kier molecular flexibility index (Phi) is 3.15. The van der Waals surface area contributed by atoms with E-state index in [4.69, 9.17) is 11.6 Å². The van der Waals surface area contributed by atoms with Crippen molar-refractivity contribution in [1.29, 1.82) is 0 Å². The van der Waals surface area contributed by atoms with E-state index in [1.54, 1.807) is 11.3 Å². The van der Waals surface area contributed by atoms with Crippen LogP contribution in [0.1, 0.15) is 10.7 Å². The van der Waals surface area contributed by atoms with Gasteiger partial charge in [-0.15, -0.1) is 11.3 Å². The van der Waals surface area contributed by atoms with Gasteiger partial charge in [0, 0.05) is 5.38 Å². The Morgan fingerprint density at radius 3 is 3.00 bits per heavy atom. The average molecular weight is 297 g/mol. The van der Waals surface area contributed by atoms with Gasteiger partial charge < -0.3 is 5.32 Å².